The molecule has 0 saturated carbocycles. The van der Waals surface area contributed by atoms with Gasteiger partial charge in [-0.3, -0.25) is 19.5 Å². The number of benzene rings is 1. The fourth-order valence-corrected chi connectivity index (χ4v) is 2.70. The quantitative estimate of drug-likeness (QED) is 0.433. The molecule has 10 heteroatoms. The highest BCUT2D eigenvalue weighted by Gasteiger charge is 2.16. The monoisotopic (exact) mass is 356 g/mol. The zero-order valence-electron chi connectivity index (χ0n) is 12.6. The second-order valence-electron chi connectivity index (χ2n) is 4.82. The molecule has 128 valence electrons. The molecule has 1 aromatic heterocycles. The van der Waals surface area contributed by atoms with Crippen LogP contribution in [0.5, 0.6) is 0 Å². The average molecular weight is 356 g/mol. The number of rotatable bonds is 7. The Kier molecular flexibility index (Phi) is 5.85. The molecule has 24 heavy (non-hydrogen) atoms. The van der Waals surface area contributed by atoms with E-state index in [1.165, 1.54) is 42.0 Å². The Labute approximate surface area is 140 Å². The number of carbonyl (C=O) groups is 1. The van der Waals surface area contributed by atoms with Gasteiger partial charge in [-0.2, -0.15) is 8.78 Å². The van der Waals surface area contributed by atoms with Crippen molar-refractivity contribution in [2.75, 3.05) is 12.8 Å². The Bertz CT molecular complexity index is 721. The van der Waals surface area contributed by atoms with Crippen molar-refractivity contribution in [3.8, 4) is 0 Å². The Morgan fingerprint density at radius 1 is 1.42 bits per heavy atom. The predicted octanol–water partition coefficient (Wildman–Crippen LogP) is 2.94. The van der Waals surface area contributed by atoms with Crippen LogP contribution >= 0.6 is 11.8 Å². The third kappa shape index (κ3) is 4.51. The normalized spacial score (nSPS) is 10.8. The molecule has 0 unspecified atom stereocenters. The first-order valence-corrected chi connectivity index (χ1v) is 7.78. The van der Waals surface area contributed by atoms with Crippen LogP contribution in [-0.2, 0) is 11.3 Å². The summed E-state index contributed by atoms with van der Waals surface area (Å²) in [5.41, 5.74) is -0.0263. The lowest BCUT2D eigenvalue weighted by Gasteiger charge is -2.17. The van der Waals surface area contributed by atoms with Gasteiger partial charge in [-0.15, -0.1) is 11.8 Å². The second-order valence-corrected chi connectivity index (χ2v) is 5.87. The maximum atomic E-state index is 12.7. The maximum Gasteiger partial charge on any atom is 0.319 e. The lowest BCUT2D eigenvalue weighted by Crippen LogP contribution is -2.29. The number of halogens is 2. The summed E-state index contributed by atoms with van der Waals surface area (Å²) in [7, 11) is 1.50. The molecule has 0 aliphatic carbocycles. The van der Waals surface area contributed by atoms with Crippen LogP contribution in [-0.4, -0.2) is 38.1 Å². The van der Waals surface area contributed by atoms with Gasteiger partial charge in [0.15, 0.2) is 0 Å². The topological polar surface area (TPSA) is 81.3 Å². The molecule has 0 spiro atoms. The molecular formula is C14H14F2N4O3S. The number of alkyl halides is 2. The number of amides is 1. The lowest BCUT2D eigenvalue weighted by atomic mass is 10.3. The van der Waals surface area contributed by atoms with Gasteiger partial charge in [-0.25, -0.2) is 4.98 Å². The summed E-state index contributed by atoms with van der Waals surface area (Å²) in [6.07, 6.45) is 2.41. The fourth-order valence-electron chi connectivity index (χ4n) is 1.86. The van der Waals surface area contributed by atoms with Crippen LogP contribution in [0, 0.1) is 10.1 Å². The van der Waals surface area contributed by atoms with E-state index in [0.29, 0.717) is 9.46 Å². The number of nitro benzene ring substituents is 1. The van der Waals surface area contributed by atoms with Crippen LogP contribution in [0.4, 0.5) is 14.5 Å². The van der Waals surface area contributed by atoms with E-state index in [1.54, 1.807) is 12.1 Å². The molecule has 1 heterocycles. The van der Waals surface area contributed by atoms with Crippen LogP contribution in [0.1, 0.15) is 12.4 Å². The molecule has 0 saturated heterocycles. The Hall–Kier alpha value is -2.49. The Morgan fingerprint density at radius 2 is 2.08 bits per heavy atom. The summed E-state index contributed by atoms with van der Waals surface area (Å²) in [4.78, 5) is 28.0. The Morgan fingerprint density at radius 3 is 2.67 bits per heavy atom. The molecule has 0 bridgehead atoms. The summed E-state index contributed by atoms with van der Waals surface area (Å²) in [6, 6.07) is 5.82. The van der Waals surface area contributed by atoms with Crippen molar-refractivity contribution in [3.63, 3.8) is 0 Å². The fraction of sp³-hybridized carbons (Fsp3) is 0.286. The number of aromatic nitrogens is 2. The molecule has 0 N–H and O–H groups in total. The van der Waals surface area contributed by atoms with Crippen molar-refractivity contribution in [1.29, 1.82) is 0 Å². The van der Waals surface area contributed by atoms with Crippen LogP contribution in [0.15, 0.2) is 41.6 Å². The minimum Gasteiger partial charge on any atom is -0.338 e. The maximum absolute atomic E-state index is 12.7. The SMILES string of the molecule is CN(Cc1nccn1C(F)F)C(=O)CSc1ccc([N+](=O)[O-])cc1. The largest absolute Gasteiger partial charge is 0.338 e. The Balaban J connectivity index is 1.89. The van der Waals surface area contributed by atoms with Gasteiger partial charge in [0.05, 0.1) is 17.2 Å². The standard InChI is InChI=1S/C14H14F2N4O3S/c1-18(8-12-17-6-7-19(12)14(15)16)13(21)9-24-11-4-2-10(3-5-11)20(22)23/h2-7,14H,8-9H2,1H3. The smallest absolute Gasteiger partial charge is 0.319 e. The highest BCUT2D eigenvalue weighted by molar-refractivity contribution is 8.00. The molecule has 1 amide bonds. The molecular weight excluding hydrogens is 342 g/mol. The van der Waals surface area contributed by atoms with E-state index < -0.39 is 11.5 Å². The molecule has 1 aromatic carbocycles. The van der Waals surface area contributed by atoms with Crippen molar-refractivity contribution in [3.05, 3.63) is 52.6 Å². The van der Waals surface area contributed by atoms with Gasteiger partial charge in [0.2, 0.25) is 5.91 Å². The van der Waals surface area contributed by atoms with Crippen LogP contribution in [0.3, 0.4) is 0 Å². The van der Waals surface area contributed by atoms with E-state index >= 15 is 0 Å². The van der Waals surface area contributed by atoms with Gasteiger partial charge in [0, 0.05) is 36.5 Å². The number of hydrogen-bond acceptors (Lipinski definition) is 5. The second kappa shape index (κ2) is 7.86. The highest BCUT2D eigenvalue weighted by Crippen LogP contribution is 2.22. The summed E-state index contributed by atoms with van der Waals surface area (Å²) >= 11 is 1.21. The number of carbonyl (C=O) groups excluding carboxylic acids is 1. The number of hydrogen-bond donors (Lipinski definition) is 0. The molecule has 2 rings (SSSR count). The average Bonchev–Trinajstić information content (AvgIpc) is 3.01. The number of imidazole rings is 1. The van der Waals surface area contributed by atoms with E-state index in [0.717, 1.165) is 6.20 Å². The van der Waals surface area contributed by atoms with Gasteiger partial charge in [0.1, 0.15) is 5.82 Å². The summed E-state index contributed by atoms with van der Waals surface area (Å²) in [6.45, 7) is -2.74. The lowest BCUT2D eigenvalue weighted by molar-refractivity contribution is -0.384. The minimum absolute atomic E-state index is 0.0263. The number of thioether (sulfide) groups is 1. The van der Waals surface area contributed by atoms with E-state index in [4.69, 9.17) is 0 Å². The van der Waals surface area contributed by atoms with E-state index in [-0.39, 0.29) is 29.7 Å². The molecule has 2 aromatic rings. The number of nitro groups is 1. The van der Waals surface area contributed by atoms with Gasteiger partial charge in [0.25, 0.3) is 5.69 Å². The van der Waals surface area contributed by atoms with Crippen molar-refractivity contribution in [2.45, 2.75) is 18.0 Å². The number of nitrogens with zero attached hydrogens (tertiary/aromatic N) is 4. The van der Waals surface area contributed by atoms with Gasteiger partial charge in [-0.1, -0.05) is 0 Å². The van der Waals surface area contributed by atoms with Gasteiger partial charge >= 0.3 is 6.55 Å². The molecule has 0 atom stereocenters. The summed E-state index contributed by atoms with van der Waals surface area (Å²) in [5.74, 6) is -0.0766. The highest BCUT2D eigenvalue weighted by atomic mass is 32.2. The third-order valence-electron chi connectivity index (χ3n) is 3.17. The first kappa shape index (κ1) is 17.9. The first-order chi connectivity index (χ1) is 11.4. The zero-order valence-corrected chi connectivity index (χ0v) is 13.4. The van der Waals surface area contributed by atoms with E-state index in [9.17, 15) is 23.7 Å². The molecule has 0 fully saturated rings. The van der Waals surface area contributed by atoms with E-state index in [1.807, 2.05) is 0 Å². The van der Waals surface area contributed by atoms with E-state index in [2.05, 4.69) is 4.98 Å². The molecule has 0 aliphatic rings. The van der Waals surface area contributed by atoms with Crippen LogP contribution in [0.25, 0.3) is 0 Å². The summed E-state index contributed by atoms with van der Waals surface area (Å²) in [5, 5.41) is 10.6. The third-order valence-corrected chi connectivity index (χ3v) is 4.17. The van der Waals surface area contributed by atoms with Crippen molar-refractivity contribution in [2.24, 2.45) is 0 Å². The van der Waals surface area contributed by atoms with Crippen molar-refractivity contribution in [1.82, 2.24) is 14.5 Å². The summed E-state index contributed by atoms with van der Waals surface area (Å²) < 4.78 is 26.2. The van der Waals surface area contributed by atoms with Gasteiger partial charge in [-0.05, 0) is 12.1 Å². The van der Waals surface area contributed by atoms with Crippen LogP contribution < -0.4 is 0 Å². The molecule has 0 aliphatic heterocycles. The van der Waals surface area contributed by atoms with Crippen molar-refractivity contribution >= 4 is 23.4 Å². The first-order valence-electron chi connectivity index (χ1n) is 6.79. The molecule has 7 nitrogen and oxygen atoms in total. The number of non-ortho nitro benzene ring substituents is 1. The zero-order chi connectivity index (χ0) is 17.7. The van der Waals surface area contributed by atoms with Gasteiger partial charge < -0.3 is 4.90 Å². The van der Waals surface area contributed by atoms with Crippen LogP contribution in [0.2, 0.25) is 0 Å². The predicted molar refractivity (Wildman–Crippen MR) is 83.8 cm³/mol. The minimum atomic E-state index is -2.71. The molecule has 0 radical (unpaired) electrons. The van der Waals surface area contributed by atoms with Crippen molar-refractivity contribution < 1.29 is 18.5 Å².